The summed E-state index contributed by atoms with van der Waals surface area (Å²) in [5, 5.41) is 0.576. The number of amides is 1. The summed E-state index contributed by atoms with van der Waals surface area (Å²) in [5.74, 6) is -0.350. The molecular formula is C21H26ClN3O3S2. The van der Waals surface area contributed by atoms with Crippen LogP contribution < -0.4 is 4.90 Å². The zero-order valence-electron chi connectivity index (χ0n) is 17.2. The van der Waals surface area contributed by atoms with Gasteiger partial charge in [-0.1, -0.05) is 49.4 Å². The predicted molar refractivity (Wildman–Crippen MR) is 126 cm³/mol. The number of rotatable bonds is 8. The van der Waals surface area contributed by atoms with E-state index in [-0.39, 0.29) is 28.8 Å². The van der Waals surface area contributed by atoms with Crippen LogP contribution >= 0.6 is 23.7 Å². The number of thiazole rings is 1. The molecule has 9 heteroatoms. The van der Waals surface area contributed by atoms with E-state index in [9.17, 15) is 13.2 Å². The smallest absolute Gasteiger partial charge is 0.261 e. The van der Waals surface area contributed by atoms with Crippen LogP contribution in [0.15, 0.2) is 53.4 Å². The van der Waals surface area contributed by atoms with Crippen LogP contribution in [0.1, 0.15) is 24.2 Å². The number of hydrogen-bond acceptors (Lipinski definition) is 6. The first kappa shape index (κ1) is 24.3. The third kappa shape index (κ3) is 5.37. The molecule has 2 aromatic carbocycles. The zero-order valence-corrected chi connectivity index (χ0v) is 19.7. The molecule has 0 fully saturated rings. The van der Waals surface area contributed by atoms with Crippen molar-refractivity contribution in [2.75, 3.05) is 37.3 Å². The number of carbonyl (C=O) groups excluding carboxylic acids is 1. The maximum atomic E-state index is 13.5. The van der Waals surface area contributed by atoms with E-state index in [2.05, 4.69) is 23.7 Å². The minimum absolute atomic E-state index is 0. The van der Waals surface area contributed by atoms with Gasteiger partial charge in [0.15, 0.2) is 15.0 Å². The number of carbonyl (C=O) groups is 1. The molecule has 0 aliphatic heterocycles. The van der Waals surface area contributed by atoms with Gasteiger partial charge in [0.05, 0.1) is 20.7 Å². The first-order valence-corrected chi connectivity index (χ1v) is 12.2. The molecule has 1 aromatic heterocycles. The molecule has 6 nitrogen and oxygen atoms in total. The number of para-hydroxylation sites is 1. The lowest BCUT2D eigenvalue weighted by Crippen LogP contribution is -2.39. The van der Waals surface area contributed by atoms with Gasteiger partial charge in [0.2, 0.25) is 0 Å². The van der Waals surface area contributed by atoms with Gasteiger partial charge in [-0.15, -0.1) is 12.4 Å². The summed E-state index contributed by atoms with van der Waals surface area (Å²) in [4.78, 5) is 22.0. The molecule has 0 saturated carbocycles. The van der Waals surface area contributed by atoms with Gasteiger partial charge in [-0.25, -0.2) is 13.4 Å². The molecule has 0 aliphatic rings. The Morgan fingerprint density at radius 2 is 1.63 bits per heavy atom. The lowest BCUT2D eigenvalue weighted by atomic mass is 10.2. The number of hydrogen-bond donors (Lipinski definition) is 0. The highest BCUT2D eigenvalue weighted by atomic mass is 35.5. The van der Waals surface area contributed by atoms with Crippen LogP contribution in [0.3, 0.4) is 0 Å². The predicted octanol–water partition coefficient (Wildman–Crippen LogP) is 4.11. The second kappa shape index (κ2) is 10.3. The van der Waals surface area contributed by atoms with E-state index < -0.39 is 9.84 Å². The highest BCUT2D eigenvalue weighted by molar-refractivity contribution is 7.90. The normalized spacial score (nSPS) is 11.5. The summed E-state index contributed by atoms with van der Waals surface area (Å²) in [6.45, 7) is 7.00. The molecule has 1 amide bonds. The molecule has 0 aliphatic carbocycles. The standard InChI is InChI=1S/C21H25N3O3S2.ClH/c1-4-23(5-2)14-15-24(21-22-17-11-7-8-12-18(17)28-21)20(25)16-10-6-9-13-19(16)29(3,26)27;/h6-13H,4-5,14-15H2,1-3H3;1H. The van der Waals surface area contributed by atoms with Gasteiger partial charge < -0.3 is 4.90 Å². The third-order valence-electron chi connectivity index (χ3n) is 4.81. The van der Waals surface area contributed by atoms with Crippen LogP contribution in [0.25, 0.3) is 10.2 Å². The molecule has 0 bridgehead atoms. The maximum Gasteiger partial charge on any atom is 0.261 e. The van der Waals surface area contributed by atoms with Crippen molar-refractivity contribution in [1.82, 2.24) is 9.88 Å². The van der Waals surface area contributed by atoms with Gasteiger partial charge >= 0.3 is 0 Å². The van der Waals surface area contributed by atoms with Crippen molar-refractivity contribution in [3.05, 3.63) is 54.1 Å². The Morgan fingerprint density at radius 3 is 2.27 bits per heavy atom. The average molecular weight is 468 g/mol. The van der Waals surface area contributed by atoms with Gasteiger partial charge in [0.25, 0.3) is 5.91 Å². The van der Waals surface area contributed by atoms with E-state index in [0.29, 0.717) is 18.2 Å². The van der Waals surface area contributed by atoms with Crippen molar-refractivity contribution < 1.29 is 13.2 Å². The summed E-state index contributed by atoms with van der Waals surface area (Å²) in [7, 11) is -3.53. The molecule has 162 valence electrons. The molecular weight excluding hydrogens is 442 g/mol. The Kier molecular flexibility index (Phi) is 8.37. The molecule has 0 radical (unpaired) electrons. The van der Waals surface area contributed by atoms with Crippen molar-refractivity contribution in [2.45, 2.75) is 18.7 Å². The van der Waals surface area contributed by atoms with Crippen LogP contribution in [0.2, 0.25) is 0 Å². The Balaban J connectivity index is 0.00000320. The third-order valence-corrected chi connectivity index (χ3v) is 7.02. The fraction of sp³-hybridized carbons (Fsp3) is 0.333. The molecule has 0 spiro atoms. The minimum atomic E-state index is -3.53. The van der Waals surface area contributed by atoms with E-state index in [1.54, 1.807) is 23.1 Å². The van der Waals surface area contributed by atoms with Crippen molar-refractivity contribution in [3.8, 4) is 0 Å². The summed E-state index contributed by atoms with van der Waals surface area (Å²) in [6, 6.07) is 14.1. The van der Waals surface area contributed by atoms with E-state index in [4.69, 9.17) is 0 Å². The second-order valence-electron chi connectivity index (χ2n) is 6.72. The lowest BCUT2D eigenvalue weighted by Gasteiger charge is -2.25. The number of sulfone groups is 1. The number of fused-ring (bicyclic) bond motifs is 1. The van der Waals surface area contributed by atoms with Crippen molar-refractivity contribution in [3.63, 3.8) is 0 Å². The van der Waals surface area contributed by atoms with Gasteiger partial charge in [0.1, 0.15) is 0 Å². The molecule has 3 aromatic rings. The largest absolute Gasteiger partial charge is 0.302 e. The fourth-order valence-corrected chi connectivity index (χ4v) is 5.02. The number of benzene rings is 2. The zero-order chi connectivity index (χ0) is 21.0. The summed E-state index contributed by atoms with van der Waals surface area (Å²) >= 11 is 1.43. The quantitative estimate of drug-likeness (QED) is 0.498. The van der Waals surface area contributed by atoms with E-state index in [1.165, 1.54) is 17.4 Å². The lowest BCUT2D eigenvalue weighted by molar-refractivity contribution is 0.0980. The number of anilines is 1. The van der Waals surface area contributed by atoms with Crippen molar-refractivity contribution in [2.24, 2.45) is 0 Å². The van der Waals surface area contributed by atoms with Crippen LogP contribution in [0.4, 0.5) is 5.13 Å². The number of nitrogens with zero attached hydrogens (tertiary/aromatic N) is 3. The van der Waals surface area contributed by atoms with Crippen LogP contribution in [0.5, 0.6) is 0 Å². The first-order valence-electron chi connectivity index (χ1n) is 9.54. The second-order valence-corrected chi connectivity index (χ2v) is 9.71. The Bertz CT molecular complexity index is 1080. The van der Waals surface area contributed by atoms with Crippen LogP contribution in [-0.4, -0.2) is 56.6 Å². The molecule has 0 atom stereocenters. The molecule has 0 saturated heterocycles. The molecule has 3 rings (SSSR count). The monoisotopic (exact) mass is 467 g/mol. The SMILES string of the molecule is CCN(CC)CCN(C(=O)c1ccccc1S(C)(=O)=O)c1nc2ccccc2s1.Cl. The van der Waals surface area contributed by atoms with E-state index in [0.717, 1.165) is 29.6 Å². The first-order chi connectivity index (χ1) is 13.8. The average Bonchev–Trinajstić information content (AvgIpc) is 3.14. The topological polar surface area (TPSA) is 70.6 Å². The van der Waals surface area contributed by atoms with Crippen molar-refractivity contribution in [1.29, 1.82) is 0 Å². The van der Waals surface area contributed by atoms with Gasteiger partial charge in [-0.2, -0.15) is 0 Å². The minimum Gasteiger partial charge on any atom is -0.302 e. The summed E-state index contributed by atoms with van der Waals surface area (Å²) in [5.41, 5.74) is 0.998. The van der Waals surface area contributed by atoms with Crippen LogP contribution in [0, 0.1) is 0 Å². The number of aromatic nitrogens is 1. The molecule has 30 heavy (non-hydrogen) atoms. The molecule has 1 heterocycles. The molecule has 0 N–H and O–H groups in total. The number of halogens is 1. The molecule has 0 unspecified atom stereocenters. The van der Waals surface area contributed by atoms with E-state index in [1.807, 2.05) is 24.3 Å². The Hall–Kier alpha value is -2.00. The van der Waals surface area contributed by atoms with E-state index >= 15 is 0 Å². The Labute approximate surface area is 187 Å². The summed E-state index contributed by atoms with van der Waals surface area (Å²) in [6.07, 6.45) is 1.12. The maximum absolute atomic E-state index is 13.5. The van der Waals surface area contributed by atoms with Gasteiger partial charge in [-0.05, 0) is 37.4 Å². The highest BCUT2D eigenvalue weighted by Gasteiger charge is 2.26. The van der Waals surface area contributed by atoms with Crippen molar-refractivity contribution >= 4 is 54.8 Å². The number of likely N-dealkylation sites (N-methyl/N-ethyl adjacent to an activating group) is 1. The highest BCUT2D eigenvalue weighted by Crippen LogP contribution is 2.30. The fourth-order valence-electron chi connectivity index (χ4n) is 3.15. The van der Waals surface area contributed by atoms with Gasteiger partial charge in [-0.3, -0.25) is 9.69 Å². The Morgan fingerprint density at radius 1 is 1.00 bits per heavy atom. The van der Waals surface area contributed by atoms with Crippen LogP contribution in [-0.2, 0) is 9.84 Å². The van der Waals surface area contributed by atoms with Gasteiger partial charge in [0, 0.05) is 19.3 Å². The summed E-state index contributed by atoms with van der Waals surface area (Å²) < 4.78 is 25.4.